The van der Waals surface area contributed by atoms with Crippen molar-refractivity contribution in [3.8, 4) is 11.5 Å². The number of carbonyl (C=O) groups is 2. The maximum Gasteiger partial charge on any atom is 0.250 e. The zero-order valence-electron chi connectivity index (χ0n) is 23.1. The molecule has 2 aromatic carbocycles. The highest BCUT2D eigenvalue weighted by Gasteiger charge is 2.41. The molecule has 202 valence electrons. The highest BCUT2D eigenvalue weighted by molar-refractivity contribution is 7.99. The van der Waals surface area contributed by atoms with Crippen LogP contribution < -0.4 is 14.8 Å². The number of hydrogen-bond donors (Lipinski definition) is 1. The van der Waals surface area contributed by atoms with Crippen LogP contribution in [0.5, 0.6) is 11.5 Å². The van der Waals surface area contributed by atoms with Gasteiger partial charge in [-0.25, -0.2) is 9.97 Å². The van der Waals surface area contributed by atoms with Crippen LogP contribution in [0.3, 0.4) is 0 Å². The molecule has 2 amide bonds. The molecule has 1 heterocycles. The fraction of sp³-hybridized carbons (Fsp3) is 0.379. The first-order valence-corrected chi connectivity index (χ1v) is 13.4. The largest absolute Gasteiger partial charge is 0.497 e. The summed E-state index contributed by atoms with van der Waals surface area (Å²) in [7, 11) is 3.10. The molecule has 0 bridgehead atoms. The summed E-state index contributed by atoms with van der Waals surface area (Å²) in [5, 5.41) is 3.52. The third-order valence-corrected chi connectivity index (χ3v) is 7.44. The SMILES string of the molecule is CCC(C)(C(=O)Nc1ccc(OC)cc1OC)N(Cc1ccccc1C)C(=O)CSc1nc(C)cc(C)n1. The average molecular weight is 537 g/mol. The van der Waals surface area contributed by atoms with E-state index in [4.69, 9.17) is 9.47 Å². The van der Waals surface area contributed by atoms with Crippen molar-refractivity contribution in [1.29, 1.82) is 0 Å². The Bertz CT molecular complexity index is 1280. The van der Waals surface area contributed by atoms with E-state index in [1.165, 1.54) is 18.9 Å². The van der Waals surface area contributed by atoms with Gasteiger partial charge in [-0.2, -0.15) is 0 Å². The van der Waals surface area contributed by atoms with Crippen LogP contribution in [-0.2, 0) is 16.1 Å². The minimum atomic E-state index is -1.14. The van der Waals surface area contributed by atoms with Gasteiger partial charge in [0.2, 0.25) is 11.8 Å². The van der Waals surface area contributed by atoms with Crippen LogP contribution in [-0.4, -0.2) is 52.2 Å². The van der Waals surface area contributed by atoms with Crippen LogP contribution in [0.4, 0.5) is 5.69 Å². The van der Waals surface area contributed by atoms with E-state index in [1.54, 1.807) is 37.1 Å². The standard InChI is InChI=1S/C29H36N4O4S/c1-8-29(5,27(35)32-24-14-13-23(36-6)16-25(24)37-7)33(17-22-12-10-9-11-19(22)2)26(34)18-38-28-30-20(3)15-21(4)31-28/h9-16H,8,17-18H2,1-7H3,(H,32,35). The maximum atomic E-state index is 13.8. The Morgan fingerprint density at radius 2 is 1.68 bits per heavy atom. The molecule has 0 spiro atoms. The van der Waals surface area contributed by atoms with Crippen molar-refractivity contribution in [3.63, 3.8) is 0 Å². The number of methoxy groups -OCH3 is 2. The number of rotatable bonds is 11. The van der Waals surface area contributed by atoms with Crippen molar-refractivity contribution >= 4 is 29.3 Å². The lowest BCUT2D eigenvalue weighted by molar-refractivity contribution is -0.143. The first-order valence-electron chi connectivity index (χ1n) is 12.4. The van der Waals surface area contributed by atoms with Crippen LogP contribution in [0, 0.1) is 20.8 Å². The second kappa shape index (κ2) is 12.8. The molecule has 0 aliphatic heterocycles. The summed E-state index contributed by atoms with van der Waals surface area (Å²) >= 11 is 1.27. The van der Waals surface area contributed by atoms with Gasteiger partial charge in [0, 0.05) is 24.0 Å². The van der Waals surface area contributed by atoms with Crippen molar-refractivity contribution < 1.29 is 19.1 Å². The Hall–Kier alpha value is -3.59. The zero-order valence-corrected chi connectivity index (χ0v) is 23.9. The van der Waals surface area contributed by atoms with Gasteiger partial charge in [-0.3, -0.25) is 9.59 Å². The topological polar surface area (TPSA) is 93.7 Å². The molecule has 0 fully saturated rings. The minimum Gasteiger partial charge on any atom is -0.497 e. The molecule has 3 rings (SSSR count). The van der Waals surface area contributed by atoms with Crippen molar-refractivity contribution in [1.82, 2.24) is 14.9 Å². The summed E-state index contributed by atoms with van der Waals surface area (Å²) < 4.78 is 10.7. The summed E-state index contributed by atoms with van der Waals surface area (Å²) in [5.41, 5.74) is 3.06. The number of hydrogen-bond acceptors (Lipinski definition) is 7. The van der Waals surface area contributed by atoms with Crippen molar-refractivity contribution in [2.75, 3.05) is 25.3 Å². The van der Waals surface area contributed by atoms with Crippen molar-refractivity contribution in [3.05, 3.63) is 71.0 Å². The molecule has 38 heavy (non-hydrogen) atoms. The molecule has 0 aliphatic rings. The van der Waals surface area contributed by atoms with Crippen LogP contribution in [0.15, 0.2) is 53.7 Å². The van der Waals surface area contributed by atoms with Gasteiger partial charge in [0.1, 0.15) is 17.0 Å². The van der Waals surface area contributed by atoms with Crippen LogP contribution in [0.2, 0.25) is 0 Å². The number of thioether (sulfide) groups is 1. The Kier molecular flexibility index (Phi) is 9.74. The highest BCUT2D eigenvalue weighted by atomic mass is 32.2. The number of benzene rings is 2. The van der Waals surface area contributed by atoms with Gasteiger partial charge in [-0.15, -0.1) is 0 Å². The maximum absolute atomic E-state index is 13.8. The van der Waals surface area contributed by atoms with E-state index in [0.717, 1.165) is 22.5 Å². The lowest BCUT2D eigenvalue weighted by Crippen LogP contribution is -2.57. The van der Waals surface area contributed by atoms with Crippen LogP contribution >= 0.6 is 11.8 Å². The number of aromatic nitrogens is 2. The predicted octanol–water partition coefficient (Wildman–Crippen LogP) is 5.35. The van der Waals surface area contributed by atoms with Gasteiger partial charge in [0.25, 0.3) is 0 Å². The van der Waals surface area contributed by atoms with E-state index in [9.17, 15) is 9.59 Å². The smallest absolute Gasteiger partial charge is 0.250 e. The number of nitrogens with zero attached hydrogens (tertiary/aromatic N) is 3. The molecular formula is C29H36N4O4S. The molecule has 1 atom stereocenters. The molecule has 9 heteroatoms. The summed E-state index contributed by atoms with van der Waals surface area (Å²) in [5.74, 6) is 0.694. The van der Waals surface area contributed by atoms with Gasteiger partial charge >= 0.3 is 0 Å². The Morgan fingerprint density at radius 3 is 2.29 bits per heavy atom. The van der Waals surface area contributed by atoms with E-state index in [-0.39, 0.29) is 24.1 Å². The van der Waals surface area contributed by atoms with Crippen LogP contribution in [0.25, 0.3) is 0 Å². The van der Waals surface area contributed by atoms with E-state index in [0.29, 0.717) is 28.8 Å². The Balaban J connectivity index is 1.93. The third kappa shape index (κ3) is 6.83. The predicted molar refractivity (Wildman–Crippen MR) is 151 cm³/mol. The third-order valence-electron chi connectivity index (χ3n) is 6.61. The minimum absolute atomic E-state index is 0.101. The van der Waals surface area contributed by atoms with Gasteiger partial charge in [-0.05, 0) is 63.4 Å². The molecule has 1 aromatic heterocycles. The van der Waals surface area contributed by atoms with E-state index in [1.807, 2.05) is 58.0 Å². The average Bonchev–Trinajstić information content (AvgIpc) is 2.90. The Morgan fingerprint density at radius 1 is 1.00 bits per heavy atom. The van der Waals surface area contributed by atoms with E-state index in [2.05, 4.69) is 15.3 Å². The van der Waals surface area contributed by atoms with E-state index >= 15 is 0 Å². The number of carbonyl (C=O) groups excluding carboxylic acids is 2. The lowest BCUT2D eigenvalue weighted by atomic mass is 9.93. The normalized spacial score (nSPS) is 12.4. The van der Waals surface area contributed by atoms with Gasteiger partial charge in [0.05, 0.1) is 25.7 Å². The lowest BCUT2D eigenvalue weighted by Gasteiger charge is -2.40. The highest BCUT2D eigenvalue weighted by Crippen LogP contribution is 2.32. The van der Waals surface area contributed by atoms with E-state index < -0.39 is 5.54 Å². The fourth-order valence-electron chi connectivity index (χ4n) is 4.09. The van der Waals surface area contributed by atoms with Gasteiger partial charge in [0.15, 0.2) is 5.16 Å². The number of ether oxygens (including phenoxy) is 2. The quantitative estimate of drug-likeness (QED) is 0.261. The van der Waals surface area contributed by atoms with Gasteiger partial charge in [-0.1, -0.05) is 43.0 Å². The molecular weight excluding hydrogens is 500 g/mol. The summed E-state index contributed by atoms with van der Waals surface area (Å²) in [6.45, 7) is 9.79. The number of anilines is 1. The number of aryl methyl sites for hydroxylation is 3. The van der Waals surface area contributed by atoms with Crippen molar-refractivity contribution in [2.45, 2.75) is 58.3 Å². The molecule has 3 aromatic rings. The molecule has 0 saturated carbocycles. The first-order chi connectivity index (χ1) is 18.1. The second-order valence-electron chi connectivity index (χ2n) is 9.28. The summed E-state index contributed by atoms with van der Waals surface area (Å²) in [4.78, 5) is 38.2. The zero-order chi connectivity index (χ0) is 27.9. The first kappa shape index (κ1) is 29.0. The molecule has 0 radical (unpaired) electrons. The monoisotopic (exact) mass is 536 g/mol. The molecule has 1 unspecified atom stereocenters. The Labute approximate surface area is 229 Å². The molecule has 0 saturated heterocycles. The summed E-state index contributed by atoms with van der Waals surface area (Å²) in [6.07, 6.45) is 0.402. The molecule has 0 aliphatic carbocycles. The fourth-order valence-corrected chi connectivity index (χ4v) is 4.92. The van der Waals surface area contributed by atoms with Crippen LogP contribution in [0.1, 0.15) is 42.8 Å². The summed E-state index contributed by atoms with van der Waals surface area (Å²) in [6, 6.07) is 15.0. The second-order valence-corrected chi connectivity index (χ2v) is 10.2. The number of nitrogens with one attached hydrogen (secondary N) is 1. The van der Waals surface area contributed by atoms with Crippen molar-refractivity contribution in [2.24, 2.45) is 0 Å². The number of amides is 2. The molecule has 8 nitrogen and oxygen atoms in total. The molecule has 1 N–H and O–H groups in total. The van der Waals surface area contributed by atoms with Gasteiger partial charge < -0.3 is 19.7 Å².